The first-order valence-electron chi connectivity index (χ1n) is 6.93. The number of nitrogens with one attached hydrogen (secondary N) is 2. The van der Waals surface area contributed by atoms with Gasteiger partial charge in [0.2, 0.25) is 0 Å². The highest BCUT2D eigenvalue weighted by Gasteiger charge is 2.23. The normalized spacial score (nSPS) is 27.5. The van der Waals surface area contributed by atoms with Crippen molar-refractivity contribution in [2.75, 3.05) is 19.6 Å². The first-order valence-corrected chi connectivity index (χ1v) is 7.33. The second-order valence-corrected chi connectivity index (χ2v) is 6.21. The van der Waals surface area contributed by atoms with E-state index < -0.39 is 0 Å². The van der Waals surface area contributed by atoms with Crippen molar-refractivity contribution in [2.24, 2.45) is 5.92 Å². The summed E-state index contributed by atoms with van der Waals surface area (Å²) in [4.78, 5) is 2.56. The average molecular weight is 255 g/mol. The summed E-state index contributed by atoms with van der Waals surface area (Å²) in [5.74, 6) is 0.854. The molecule has 1 aliphatic carbocycles. The van der Waals surface area contributed by atoms with Gasteiger partial charge in [0.05, 0.1) is 0 Å². The van der Waals surface area contributed by atoms with Crippen molar-refractivity contribution in [1.29, 1.82) is 0 Å². The topological polar surface area (TPSA) is 27.3 Å². The largest absolute Gasteiger partial charge is 0.360 e. The van der Waals surface area contributed by atoms with Crippen LogP contribution in [0.5, 0.6) is 0 Å². The van der Waals surface area contributed by atoms with E-state index in [4.69, 9.17) is 12.2 Å². The van der Waals surface area contributed by atoms with Crippen LogP contribution in [0.15, 0.2) is 0 Å². The molecule has 3 nitrogen and oxygen atoms in total. The van der Waals surface area contributed by atoms with Crippen LogP contribution in [0.3, 0.4) is 0 Å². The summed E-state index contributed by atoms with van der Waals surface area (Å²) in [6.45, 7) is 8.18. The molecule has 0 spiro atoms. The molecule has 0 bridgehead atoms. The monoisotopic (exact) mass is 255 g/mol. The number of rotatable bonds is 4. The van der Waals surface area contributed by atoms with E-state index in [2.05, 4.69) is 29.4 Å². The Morgan fingerprint density at radius 2 is 2.18 bits per heavy atom. The molecule has 0 aromatic carbocycles. The van der Waals surface area contributed by atoms with E-state index in [1.54, 1.807) is 0 Å². The third kappa shape index (κ3) is 4.80. The third-order valence-corrected chi connectivity index (χ3v) is 3.80. The highest BCUT2D eigenvalue weighted by Crippen LogP contribution is 2.18. The highest BCUT2D eigenvalue weighted by molar-refractivity contribution is 7.80. The Bertz CT molecular complexity index is 265. The Morgan fingerprint density at radius 3 is 2.82 bits per heavy atom. The predicted octanol–water partition coefficient (Wildman–Crippen LogP) is 1.73. The van der Waals surface area contributed by atoms with Crippen molar-refractivity contribution in [3.8, 4) is 0 Å². The van der Waals surface area contributed by atoms with Gasteiger partial charge in [-0.1, -0.05) is 6.92 Å². The van der Waals surface area contributed by atoms with Crippen LogP contribution in [0.1, 0.15) is 39.5 Å². The van der Waals surface area contributed by atoms with Gasteiger partial charge in [-0.15, -0.1) is 0 Å². The Morgan fingerprint density at radius 1 is 1.41 bits per heavy atom. The predicted molar refractivity (Wildman–Crippen MR) is 76.2 cm³/mol. The third-order valence-electron chi connectivity index (χ3n) is 3.56. The molecule has 17 heavy (non-hydrogen) atoms. The molecule has 2 fully saturated rings. The van der Waals surface area contributed by atoms with Crippen LogP contribution in [0.4, 0.5) is 0 Å². The zero-order valence-corrected chi connectivity index (χ0v) is 11.9. The van der Waals surface area contributed by atoms with Gasteiger partial charge in [-0.05, 0) is 57.3 Å². The highest BCUT2D eigenvalue weighted by atomic mass is 32.1. The van der Waals surface area contributed by atoms with Crippen molar-refractivity contribution < 1.29 is 0 Å². The molecular formula is C13H25N3S. The minimum absolute atomic E-state index is 0.444. The summed E-state index contributed by atoms with van der Waals surface area (Å²) in [6.07, 6.45) is 5.29. The molecule has 2 N–H and O–H groups in total. The zero-order chi connectivity index (χ0) is 12.3. The van der Waals surface area contributed by atoms with Crippen molar-refractivity contribution >= 4 is 17.3 Å². The van der Waals surface area contributed by atoms with Gasteiger partial charge in [-0.25, -0.2) is 0 Å². The minimum atomic E-state index is 0.444. The van der Waals surface area contributed by atoms with Crippen LogP contribution in [-0.2, 0) is 0 Å². The maximum atomic E-state index is 5.30. The number of nitrogens with zero attached hydrogens (tertiary/aromatic N) is 1. The fourth-order valence-corrected chi connectivity index (χ4v) is 2.93. The fourth-order valence-electron chi connectivity index (χ4n) is 2.56. The summed E-state index contributed by atoms with van der Waals surface area (Å²) in [6, 6.07) is 1.09. The fraction of sp³-hybridized carbons (Fsp3) is 0.923. The van der Waals surface area contributed by atoms with Crippen LogP contribution in [0.25, 0.3) is 0 Å². The minimum Gasteiger partial charge on any atom is -0.360 e. The molecule has 0 amide bonds. The van der Waals surface area contributed by atoms with Crippen LogP contribution >= 0.6 is 12.2 Å². The first-order chi connectivity index (χ1) is 8.13. The maximum Gasteiger partial charge on any atom is 0.166 e. The molecule has 4 heteroatoms. The van der Waals surface area contributed by atoms with Gasteiger partial charge >= 0.3 is 0 Å². The molecule has 0 radical (unpaired) electrons. The van der Waals surface area contributed by atoms with Crippen molar-refractivity contribution in [2.45, 2.75) is 51.6 Å². The van der Waals surface area contributed by atoms with Gasteiger partial charge in [-0.2, -0.15) is 0 Å². The molecule has 2 rings (SSSR count). The Labute approximate surface area is 110 Å². The van der Waals surface area contributed by atoms with Crippen LogP contribution in [-0.4, -0.2) is 41.7 Å². The molecule has 1 saturated heterocycles. The molecule has 1 aliphatic heterocycles. The lowest BCUT2D eigenvalue weighted by atomic mass is 10.00. The van der Waals surface area contributed by atoms with Gasteiger partial charge in [0, 0.05) is 25.2 Å². The number of likely N-dealkylation sites (tertiary alicyclic amines) is 1. The summed E-state index contributed by atoms with van der Waals surface area (Å²) in [5.41, 5.74) is 0. The van der Waals surface area contributed by atoms with E-state index in [0.717, 1.165) is 17.6 Å². The van der Waals surface area contributed by atoms with Gasteiger partial charge in [0.15, 0.2) is 5.11 Å². The van der Waals surface area contributed by atoms with Gasteiger partial charge in [-0.3, -0.25) is 0 Å². The molecule has 98 valence electrons. The molecule has 0 aromatic heterocycles. The second-order valence-electron chi connectivity index (χ2n) is 5.80. The number of hydrogen-bond acceptors (Lipinski definition) is 2. The summed E-state index contributed by atoms with van der Waals surface area (Å²) in [7, 11) is 0. The van der Waals surface area contributed by atoms with Gasteiger partial charge in [0.25, 0.3) is 0 Å². The quantitative estimate of drug-likeness (QED) is 0.748. The average Bonchev–Trinajstić information content (AvgIpc) is 3.00. The van der Waals surface area contributed by atoms with E-state index in [1.165, 1.54) is 38.8 Å². The van der Waals surface area contributed by atoms with Crippen LogP contribution in [0.2, 0.25) is 0 Å². The summed E-state index contributed by atoms with van der Waals surface area (Å²) >= 11 is 5.30. The van der Waals surface area contributed by atoms with E-state index in [0.29, 0.717) is 12.1 Å². The molecular weight excluding hydrogens is 230 g/mol. The molecule has 1 saturated carbocycles. The number of piperidine rings is 1. The van der Waals surface area contributed by atoms with E-state index in [9.17, 15) is 0 Å². The zero-order valence-electron chi connectivity index (χ0n) is 11.0. The number of hydrogen-bond donors (Lipinski definition) is 2. The lowest BCUT2D eigenvalue weighted by Crippen LogP contribution is -2.48. The van der Waals surface area contributed by atoms with Crippen LogP contribution < -0.4 is 10.6 Å². The molecule has 0 aromatic rings. The standard InChI is InChI=1S/C13H25N3S/c1-10-4-3-7-16(8-10)9-11(2)14-13(17)15-12-5-6-12/h10-12H,3-9H2,1-2H3,(H2,14,15,17)/t10-,11+/m0/s1. The van der Waals surface area contributed by atoms with Gasteiger partial charge < -0.3 is 15.5 Å². The molecule has 2 atom stereocenters. The maximum absolute atomic E-state index is 5.30. The molecule has 2 aliphatic rings. The smallest absolute Gasteiger partial charge is 0.166 e. The second kappa shape index (κ2) is 6.01. The van der Waals surface area contributed by atoms with Crippen molar-refractivity contribution in [3.05, 3.63) is 0 Å². The molecule has 0 unspecified atom stereocenters. The summed E-state index contributed by atoms with van der Waals surface area (Å²) < 4.78 is 0. The van der Waals surface area contributed by atoms with Crippen molar-refractivity contribution in [3.63, 3.8) is 0 Å². The van der Waals surface area contributed by atoms with Crippen molar-refractivity contribution in [1.82, 2.24) is 15.5 Å². The first kappa shape index (κ1) is 13.1. The Balaban J connectivity index is 1.64. The van der Waals surface area contributed by atoms with Crippen LogP contribution in [0, 0.1) is 5.92 Å². The SMILES string of the molecule is C[C@H]1CCCN(C[C@@H](C)NC(=S)NC2CC2)C1. The van der Waals surface area contributed by atoms with E-state index >= 15 is 0 Å². The summed E-state index contributed by atoms with van der Waals surface area (Å²) in [5, 5.41) is 7.56. The molecule has 1 heterocycles. The lowest BCUT2D eigenvalue weighted by Gasteiger charge is -2.33. The van der Waals surface area contributed by atoms with Gasteiger partial charge in [0.1, 0.15) is 0 Å². The lowest BCUT2D eigenvalue weighted by molar-refractivity contribution is 0.174. The Kier molecular flexibility index (Phi) is 4.62. The van der Waals surface area contributed by atoms with E-state index in [-0.39, 0.29) is 0 Å². The number of thiocarbonyl (C=S) groups is 1. The van der Waals surface area contributed by atoms with E-state index in [1.807, 2.05) is 0 Å². The Hall–Kier alpha value is -0.350.